The summed E-state index contributed by atoms with van der Waals surface area (Å²) in [5, 5.41) is 16.3. The van der Waals surface area contributed by atoms with Crippen molar-refractivity contribution in [3.05, 3.63) is 0 Å². The van der Waals surface area contributed by atoms with Crippen molar-refractivity contribution in [3.8, 4) is 0 Å². The predicted octanol–water partition coefficient (Wildman–Crippen LogP) is -4.20. The number of thioether (sulfide) groups is 1. The first-order chi connectivity index (χ1) is 17.3. The number of hydrogen-bond acceptors (Lipinski definition) is 9. The van der Waals surface area contributed by atoms with Crippen molar-refractivity contribution < 1.29 is 33.9 Å². The fraction of sp³-hybridized carbons (Fsp3) is 0.650. The van der Waals surface area contributed by atoms with Crippen LogP contribution in [-0.4, -0.2) is 89.3 Å². The lowest BCUT2D eigenvalue weighted by atomic mass is 10.1. The Bertz CT molecular complexity index is 852. The fourth-order valence-electron chi connectivity index (χ4n) is 2.93. The van der Waals surface area contributed by atoms with E-state index in [0.29, 0.717) is 12.2 Å². The average molecular weight is 548 g/mol. The lowest BCUT2D eigenvalue weighted by Crippen LogP contribution is -2.57. The first kappa shape index (κ1) is 33.4. The molecule has 0 heterocycles. The maximum absolute atomic E-state index is 12.9. The van der Waals surface area contributed by atoms with Crippen LogP contribution in [-0.2, 0) is 28.8 Å². The van der Waals surface area contributed by atoms with Crippen molar-refractivity contribution >= 4 is 53.2 Å². The second-order valence-corrected chi connectivity index (χ2v) is 9.02. The lowest BCUT2D eigenvalue weighted by Gasteiger charge is -2.24. The van der Waals surface area contributed by atoms with Gasteiger partial charge in [0, 0.05) is 13.0 Å². The molecule has 5 amide bonds. The summed E-state index contributed by atoms with van der Waals surface area (Å²) in [6.45, 7) is 0.229. The van der Waals surface area contributed by atoms with Crippen LogP contribution in [0.25, 0.3) is 0 Å². The van der Waals surface area contributed by atoms with E-state index in [4.69, 9.17) is 28.7 Å². The van der Waals surface area contributed by atoms with Crippen LogP contribution in [0.1, 0.15) is 38.5 Å². The van der Waals surface area contributed by atoms with Gasteiger partial charge in [-0.1, -0.05) is 0 Å². The number of nitrogens with two attached hydrogens (primary N) is 5. The number of guanidine groups is 1. The van der Waals surface area contributed by atoms with Crippen molar-refractivity contribution in [2.24, 2.45) is 33.7 Å². The zero-order chi connectivity index (χ0) is 28.5. The number of carboxylic acids is 1. The SMILES string of the molecule is CSCCC(NC(=O)C(CC(N)=O)NC(=O)C(CCC(N)=O)NC(=O)C(N)CCCN=C(N)N)C(=O)O. The second kappa shape index (κ2) is 17.8. The topological polar surface area (TPSA) is 301 Å². The molecule has 4 unspecified atom stereocenters. The van der Waals surface area contributed by atoms with Crippen LogP contribution in [0.15, 0.2) is 4.99 Å². The normalized spacial score (nSPS) is 13.8. The number of amides is 5. The van der Waals surface area contributed by atoms with Crippen molar-refractivity contribution in [2.75, 3.05) is 18.6 Å². The number of primary amides is 2. The molecule has 4 atom stereocenters. The molecule has 37 heavy (non-hydrogen) atoms. The van der Waals surface area contributed by atoms with Crippen LogP contribution in [0.5, 0.6) is 0 Å². The molecule has 16 nitrogen and oxygen atoms in total. The fourth-order valence-corrected chi connectivity index (χ4v) is 3.40. The van der Waals surface area contributed by atoms with Gasteiger partial charge >= 0.3 is 5.97 Å². The van der Waals surface area contributed by atoms with E-state index in [2.05, 4.69) is 20.9 Å². The van der Waals surface area contributed by atoms with Crippen LogP contribution < -0.4 is 44.6 Å². The molecular formula is C20H37N9O7S. The predicted molar refractivity (Wildman–Crippen MR) is 137 cm³/mol. The summed E-state index contributed by atoms with van der Waals surface area (Å²) in [4.78, 5) is 76.1. The summed E-state index contributed by atoms with van der Waals surface area (Å²) in [6.07, 6.45) is 1.22. The minimum atomic E-state index is -1.54. The second-order valence-electron chi connectivity index (χ2n) is 8.03. The Balaban J connectivity index is 5.47. The molecular weight excluding hydrogens is 510 g/mol. The Labute approximate surface area is 218 Å². The first-order valence-electron chi connectivity index (χ1n) is 11.3. The molecule has 0 fully saturated rings. The molecule has 0 aromatic carbocycles. The molecule has 0 aliphatic carbocycles. The molecule has 0 radical (unpaired) electrons. The highest BCUT2D eigenvalue weighted by molar-refractivity contribution is 7.98. The van der Waals surface area contributed by atoms with Gasteiger partial charge in [-0.2, -0.15) is 11.8 Å². The van der Waals surface area contributed by atoms with E-state index in [-0.39, 0.29) is 38.2 Å². The quantitative estimate of drug-likeness (QED) is 0.0424. The zero-order valence-corrected chi connectivity index (χ0v) is 21.4. The van der Waals surface area contributed by atoms with Crippen LogP contribution in [0.3, 0.4) is 0 Å². The molecule has 0 rings (SSSR count). The Morgan fingerprint density at radius 1 is 0.811 bits per heavy atom. The number of carboxylic acid groups (broad SMARTS) is 1. The minimum Gasteiger partial charge on any atom is -0.480 e. The number of nitrogens with one attached hydrogen (secondary N) is 3. The number of hydrogen-bond donors (Lipinski definition) is 9. The van der Waals surface area contributed by atoms with Crippen molar-refractivity contribution in [3.63, 3.8) is 0 Å². The molecule has 0 aliphatic heterocycles. The van der Waals surface area contributed by atoms with Gasteiger partial charge in [-0.15, -0.1) is 0 Å². The van der Waals surface area contributed by atoms with Gasteiger partial charge in [-0.05, 0) is 37.7 Å². The van der Waals surface area contributed by atoms with Gasteiger partial charge in [0.05, 0.1) is 12.5 Å². The monoisotopic (exact) mass is 547 g/mol. The van der Waals surface area contributed by atoms with Crippen LogP contribution in [0.2, 0.25) is 0 Å². The lowest BCUT2D eigenvalue weighted by molar-refractivity contribution is -0.142. The first-order valence-corrected chi connectivity index (χ1v) is 12.7. The summed E-state index contributed by atoms with van der Waals surface area (Å²) in [7, 11) is 0. The van der Waals surface area contributed by atoms with Gasteiger partial charge in [0.25, 0.3) is 0 Å². The largest absolute Gasteiger partial charge is 0.480 e. The van der Waals surface area contributed by atoms with E-state index < -0.39 is 66.1 Å². The smallest absolute Gasteiger partial charge is 0.326 e. The highest BCUT2D eigenvalue weighted by Gasteiger charge is 2.31. The number of carbonyl (C=O) groups excluding carboxylic acids is 5. The van der Waals surface area contributed by atoms with Gasteiger partial charge in [-0.25, -0.2) is 4.79 Å². The van der Waals surface area contributed by atoms with Crippen molar-refractivity contribution in [1.29, 1.82) is 0 Å². The van der Waals surface area contributed by atoms with Crippen LogP contribution in [0.4, 0.5) is 0 Å². The Morgan fingerprint density at radius 2 is 1.38 bits per heavy atom. The molecule has 0 saturated carbocycles. The molecule has 0 aromatic rings. The molecule has 0 saturated heterocycles. The van der Waals surface area contributed by atoms with E-state index in [1.54, 1.807) is 6.26 Å². The van der Waals surface area contributed by atoms with Crippen molar-refractivity contribution in [1.82, 2.24) is 16.0 Å². The van der Waals surface area contributed by atoms with Gasteiger partial charge in [-0.3, -0.25) is 29.0 Å². The third-order valence-corrected chi connectivity index (χ3v) is 5.52. The van der Waals surface area contributed by atoms with Crippen LogP contribution in [0, 0.1) is 0 Å². The number of aliphatic imine (C=N–C) groups is 1. The summed E-state index contributed by atoms with van der Waals surface area (Å²) < 4.78 is 0. The molecule has 0 aromatic heterocycles. The molecule has 0 bridgehead atoms. The van der Waals surface area contributed by atoms with Crippen LogP contribution >= 0.6 is 11.8 Å². The van der Waals surface area contributed by atoms with E-state index in [9.17, 15) is 33.9 Å². The molecule has 17 heteroatoms. The van der Waals surface area contributed by atoms with Gasteiger partial charge < -0.3 is 49.7 Å². The standard InChI is InChI=1S/C20H37N9O7S/c1-37-8-6-12(19(35)36)28-18(34)13(9-15(23)31)29-17(33)11(4-5-14(22)30)27-16(32)10(21)3-2-7-26-20(24)25/h10-13H,2-9,21H2,1H3,(H2,22,30)(H2,23,31)(H,27,32)(H,28,34)(H,29,33)(H,35,36)(H4,24,25,26). The zero-order valence-electron chi connectivity index (χ0n) is 20.6. The third-order valence-electron chi connectivity index (χ3n) is 4.88. The molecule has 210 valence electrons. The Kier molecular flexibility index (Phi) is 16.0. The summed E-state index contributed by atoms with van der Waals surface area (Å²) in [5.41, 5.74) is 26.6. The molecule has 14 N–H and O–H groups in total. The minimum absolute atomic E-state index is 0.0951. The summed E-state index contributed by atoms with van der Waals surface area (Å²) in [6, 6.07) is -5.20. The maximum atomic E-state index is 12.9. The van der Waals surface area contributed by atoms with Gasteiger partial charge in [0.2, 0.25) is 29.5 Å². The molecule has 0 aliphatic rings. The average Bonchev–Trinajstić information content (AvgIpc) is 2.80. The summed E-state index contributed by atoms with van der Waals surface area (Å²) >= 11 is 1.37. The Morgan fingerprint density at radius 3 is 1.89 bits per heavy atom. The highest BCUT2D eigenvalue weighted by atomic mass is 32.2. The third kappa shape index (κ3) is 15.2. The number of aliphatic carboxylic acids is 1. The van der Waals surface area contributed by atoms with Gasteiger partial charge in [0.15, 0.2) is 5.96 Å². The van der Waals surface area contributed by atoms with E-state index in [1.807, 2.05) is 0 Å². The number of rotatable bonds is 19. The maximum Gasteiger partial charge on any atom is 0.326 e. The summed E-state index contributed by atoms with van der Waals surface area (Å²) in [5.74, 6) is -5.31. The Hall–Kier alpha value is -3.60. The molecule has 0 spiro atoms. The van der Waals surface area contributed by atoms with E-state index >= 15 is 0 Å². The number of nitrogens with zero attached hydrogens (tertiary/aromatic N) is 1. The van der Waals surface area contributed by atoms with Gasteiger partial charge in [0.1, 0.15) is 18.1 Å². The number of carbonyl (C=O) groups is 6. The van der Waals surface area contributed by atoms with Crippen molar-refractivity contribution in [2.45, 2.75) is 62.7 Å². The van der Waals surface area contributed by atoms with E-state index in [1.165, 1.54) is 11.8 Å². The van der Waals surface area contributed by atoms with E-state index in [0.717, 1.165) is 0 Å². The highest BCUT2D eigenvalue weighted by Crippen LogP contribution is 2.05.